The van der Waals surface area contributed by atoms with Gasteiger partial charge < -0.3 is 48.1 Å². The fourth-order valence-electron chi connectivity index (χ4n) is 2.60. The zero-order chi connectivity index (χ0) is 29.8. The molecule has 0 aliphatic heterocycles. The highest BCUT2D eigenvalue weighted by Gasteiger charge is 2.19. The number of rotatable bonds is 23. The lowest BCUT2D eigenvalue weighted by Gasteiger charge is -2.14. The van der Waals surface area contributed by atoms with Gasteiger partial charge in [0.2, 0.25) is 0 Å². The topological polar surface area (TPSA) is 183 Å². The van der Waals surface area contributed by atoms with E-state index in [1.807, 2.05) is 0 Å². The maximum atomic E-state index is 11.1. The Morgan fingerprint density at radius 3 is 1.48 bits per heavy atom. The maximum Gasteiger partial charge on any atom is 0.337 e. The van der Waals surface area contributed by atoms with Crippen molar-refractivity contribution in [3.63, 3.8) is 0 Å². The normalized spacial score (nSPS) is 11.2. The van der Waals surface area contributed by atoms with E-state index in [2.05, 4.69) is 9.47 Å². The van der Waals surface area contributed by atoms with Crippen LogP contribution in [0.1, 0.15) is 25.5 Å². The molecule has 1 aromatic carbocycles. The molecule has 1 aromatic rings. The molecule has 14 nitrogen and oxygen atoms in total. The van der Waals surface area contributed by atoms with Crippen LogP contribution in [0.2, 0.25) is 0 Å². The van der Waals surface area contributed by atoms with E-state index >= 15 is 0 Å². The third-order valence-corrected chi connectivity index (χ3v) is 4.23. The molecule has 1 atom stereocenters. The number of ether oxygens (including phenoxy) is 8. The van der Waals surface area contributed by atoms with Crippen LogP contribution in [0.15, 0.2) is 30.3 Å². The number of hydrogen-bond acceptors (Lipinski definition) is 12. The summed E-state index contributed by atoms with van der Waals surface area (Å²) in [6.07, 6.45) is -1.03. The molecule has 0 saturated carbocycles. The molecule has 1 unspecified atom stereocenters. The van der Waals surface area contributed by atoms with Crippen molar-refractivity contribution in [3.05, 3.63) is 35.9 Å². The van der Waals surface area contributed by atoms with Gasteiger partial charge in [0.25, 0.3) is 0 Å². The fourth-order valence-corrected chi connectivity index (χ4v) is 2.60. The molecule has 1 rings (SSSR count). The minimum absolute atomic E-state index is 0.0729. The molecule has 0 bridgehead atoms. The summed E-state index contributed by atoms with van der Waals surface area (Å²) in [5.74, 6) is -2.88. The lowest BCUT2D eigenvalue weighted by molar-refractivity contribution is -0.152. The van der Waals surface area contributed by atoms with E-state index < -0.39 is 18.0 Å². The van der Waals surface area contributed by atoms with Gasteiger partial charge in [-0.15, -0.1) is 0 Å². The number of aliphatic carboxylic acids is 2. The van der Waals surface area contributed by atoms with Crippen molar-refractivity contribution in [3.8, 4) is 0 Å². The van der Waals surface area contributed by atoms with Crippen molar-refractivity contribution < 1.29 is 67.3 Å². The smallest absolute Gasteiger partial charge is 0.337 e. The Kier molecular flexibility index (Phi) is 24.1. The van der Waals surface area contributed by atoms with Crippen LogP contribution in [0.25, 0.3) is 0 Å². The zero-order valence-electron chi connectivity index (χ0n) is 22.9. The average molecular weight is 577 g/mol. The number of carboxylic acids is 2. The summed E-state index contributed by atoms with van der Waals surface area (Å²) in [5.41, 5.74) is 0.565. The third-order valence-electron chi connectivity index (χ3n) is 4.23. The summed E-state index contributed by atoms with van der Waals surface area (Å²) < 4.78 is 39.7. The highest BCUT2D eigenvalue weighted by atomic mass is 16.6. The molecule has 14 heteroatoms. The van der Waals surface area contributed by atoms with Gasteiger partial charge in [-0.2, -0.15) is 0 Å². The number of carboxylic acid groups (broad SMARTS) is 2. The van der Waals surface area contributed by atoms with Crippen LogP contribution >= 0.6 is 0 Å². The van der Waals surface area contributed by atoms with Crippen molar-refractivity contribution >= 4 is 23.9 Å². The van der Waals surface area contributed by atoms with Gasteiger partial charge in [0.05, 0.1) is 66.1 Å². The lowest BCUT2D eigenvalue weighted by Crippen LogP contribution is -2.18. The largest absolute Gasteiger partial charge is 0.480 e. The van der Waals surface area contributed by atoms with Crippen molar-refractivity contribution in [2.24, 2.45) is 0 Å². The standard InChI is InChI=1S/C14H18O7.C12H22O7/c15-12(16)10-20-7-6-19-8-9-21-13(14(17)18)11-4-2-1-3-5-11;1-3-18-11(13)9-16-7-5-15-6-8-17-10-12(14)19-4-2/h1-5,13H,6-10H2,(H,15,16)(H,17,18);3-10H2,1-2H3. The summed E-state index contributed by atoms with van der Waals surface area (Å²) in [6.45, 7) is 5.65. The molecule has 0 aliphatic carbocycles. The van der Waals surface area contributed by atoms with Gasteiger partial charge in [0.15, 0.2) is 6.10 Å². The Morgan fingerprint density at radius 1 is 0.625 bits per heavy atom. The van der Waals surface area contributed by atoms with Crippen LogP contribution in [0.4, 0.5) is 0 Å². The molecule has 0 aliphatic rings. The second-order valence-electron chi connectivity index (χ2n) is 7.39. The molecule has 0 saturated heterocycles. The molecular formula is C26H40O14. The minimum atomic E-state index is -1.06. The highest BCUT2D eigenvalue weighted by molar-refractivity contribution is 5.74. The Hall–Kier alpha value is -3.14. The molecule has 0 amide bonds. The number of esters is 2. The van der Waals surface area contributed by atoms with Crippen molar-refractivity contribution in [2.75, 3.05) is 85.9 Å². The quantitative estimate of drug-likeness (QED) is 0.139. The van der Waals surface area contributed by atoms with Crippen LogP contribution < -0.4 is 0 Å². The second-order valence-corrected chi connectivity index (χ2v) is 7.39. The van der Waals surface area contributed by atoms with Gasteiger partial charge in [0.1, 0.15) is 19.8 Å². The number of carbonyl (C=O) groups excluding carboxylic acids is 2. The van der Waals surface area contributed by atoms with Crippen LogP contribution in [0.5, 0.6) is 0 Å². The van der Waals surface area contributed by atoms with Crippen molar-refractivity contribution in [2.45, 2.75) is 20.0 Å². The maximum absolute atomic E-state index is 11.1. The number of hydrogen-bond donors (Lipinski definition) is 2. The van der Waals surface area contributed by atoms with Gasteiger partial charge in [-0.05, 0) is 19.4 Å². The van der Waals surface area contributed by atoms with E-state index in [0.29, 0.717) is 45.2 Å². The molecule has 0 fully saturated rings. The average Bonchev–Trinajstić information content (AvgIpc) is 2.92. The Balaban J connectivity index is 0.000000765. The molecule has 2 N–H and O–H groups in total. The SMILES string of the molecule is CCOC(=O)COCCOCCOCC(=O)OCC.O=C(O)COCCOCCOC(C(=O)O)c1ccccc1. The molecule has 40 heavy (non-hydrogen) atoms. The fraction of sp³-hybridized carbons (Fsp3) is 0.615. The van der Waals surface area contributed by atoms with E-state index in [1.165, 1.54) is 0 Å². The first-order chi connectivity index (χ1) is 19.3. The highest BCUT2D eigenvalue weighted by Crippen LogP contribution is 2.16. The first-order valence-electron chi connectivity index (χ1n) is 12.6. The summed E-state index contributed by atoms with van der Waals surface area (Å²) in [5, 5.41) is 17.4. The van der Waals surface area contributed by atoms with Crippen LogP contribution in [-0.2, 0) is 57.1 Å². The Morgan fingerprint density at radius 2 is 1.05 bits per heavy atom. The summed E-state index contributed by atoms with van der Waals surface area (Å²) in [4.78, 5) is 43.1. The van der Waals surface area contributed by atoms with Crippen LogP contribution in [-0.4, -0.2) is 120 Å². The van der Waals surface area contributed by atoms with E-state index in [0.717, 1.165) is 0 Å². The van der Waals surface area contributed by atoms with Gasteiger partial charge in [-0.3, -0.25) is 0 Å². The van der Waals surface area contributed by atoms with Gasteiger partial charge in [0, 0.05) is 0 Å². The second kappa shape index (κ2) is 26.1. The first kappa shape index (κ1) is 36.9. The van der Waals surface area contributed by atoms with E-state index in [-0.39, 0.29) is 58.2 Å². The summed E-state index contributed by atoms with van der Waals surface area (Å²) in [6, 6.07) is 8.64. The van der Waals surface area contributed by atoms with Crippen LogP contribution in [0, 0.1) is 0 Å². The van der Waals surface area contributed by atoms with Gasteiger partial charge in [-0.1, -0.05) is 30.3 Å². The van der Waals surface area contributed by atoms with Crippen molar-refractivity contribution in [1.82, 2.24) is 0 Å². The first-order valence-corrected chi connectivity index (χ1v) is 12.6. The van der Waals surface area contributed by atoms with Crippen molar-refractivity contribution in [1.29, 1.82) is 0 Å². The molecule has 0 aromatic heterocycles. The van der Waals surface area contributed by atoms with Gasteiger partial charge >= 0.3 is 23.9 Å². The van der Waals surface area contributed by atoms with E-state index in [9.17, 15) is 19.2 Å². The molecular weight excluding hydrogens is 536 g/mol. The molecule has 0 heterocycles. The number of benzene rings is 1. The van der Waals surface area contributed by atoms with Crippen LogP contribution in [0.3, 0.4) is 0 Å². The lowest BCUT2D eigenvalue weighted by atomic mass is 10.1. The summed E-state index contributed by atoms with van der Waals surface area (Å²) >= 11 is 0. The molecule has 228 valence electrons. The zero-order valence-corrected chi connectivity index (χ0v) is 22.9. The predicted molar refractivity (Wildman–Crippen MR) is 138 cm³/mol. The molecule has 0 spiro atoms. The predicted octanol–water partition coefficient (Wildman–Crippen LogP) is 1.11. The Labute approximate surface area is 233 Å². The van der Waals surface area contributed by atoms with Gasteiger partial charge in [-0.25, -0.2) is 19.2 Å². The Bertz CT molecular complexity index is 778. The molecule has 0 radical (unpaired) electrons. The van der Waals surface area contributed by atoms with E-state index in [4.69, 9.17) is 38.6 Å². The van der Waals surface area contributed by atoms with E-state index in [1.54, 1.807) is 44.2 Å². The number of carbonyl (C=O) groups is 4. The minimum Gasteiger partial charge on any atom is -0.480 e. The third kappa shape index (κ3) is 22.8. The summed E-state index contributed by atoms with van der Waals surface area (Å²) in [7, 11) is 0. The monoisotopic (exact) mass is 576 g/mol.